The first-order chi connectivity index (χ1) is 11.8. The molecule has 3 fully saturated rings. The van der Waals surface area contributed by atoms with Gasteiger partial charge >= 0.3 is 5.97 Å². The third kappa shape index (κ3) is 2.61. The molecule has 0 aromatic heterocycles. The number of hydrogen-bond donors (Lipinski definition) is 2. The summed E-state index contributed by atoms with van der Waals surface area (Å²) in [6.07, 6.45) is 14.6. The lowest BCUT2D eigenvalue weighted by atomic mass is 9.47. The molecule has 0 bridgehead atoms. The molecule has 0 heterocycles. The Hall–Kier alpha value is -1.09. The maximum Gasteiger partial charge on any atom is 0.327 e. The van der Waals surface area contributed by atoms with Crippen LogP contribution in [-0.4, -0.2) is 22.3 Å². The predicted octanol–water partition coefficient (Wildman–Crippen LogP) is 4.57. The first-order valence-electron chi connectivity index (χ1n) is 10.1. The molecule has 0 saturated heterocycles. The third-order valence-electron chi connectivity index (χ3n) is 8.63. The molecule has 4 aliphatic rings. The molecular formula is C22H32O3. The van der Waals surface area contributed by atoms with E-state index in [2.05, 4.69) is 19.9 Å². The van der Waals surface area contributed by atoms with E-state index in [9.17, 15) is 9.90 Å². The quantitative estimate of drug-likeness (QED) is 0.570. The van der Waals surface area contributed by atoms with Crippen molar-refractivity contribution in [3.8, 4) is 0 Å². The molecule has 0 aliphatic heterocycles. The number of carboxylic acids is 1. The number of carbonyl (C=O) groups is 1. The summed E-state index contributed by atoms with van der Waals surface area (Å²) in [4.78, 5) is 11.0. The first-order valence-corrected chi connectivity index (χ1v) is 10.1. The van der Waals surface area contributed by atoms with Gasteiger partial charge in [0.1, 0.15) is 0 Å². The molecule has 0 spiro atoms. The van der Waals surface area contributed by atoms with Crippen molar-refractivity contribution in [2.45, 2.75) is 71.3 Å². The van der Waals surface area contributed by atoms with Crippen molar-refractivity contribution in [1.82, 2.24) is 0 Å². The molecule has 4 rings (SSSR count). The minimum atomic E-state index is -0.818. The molecule has 138 valence electrons. The smallest absolute Gasteiger partial charge is 0.327 e. The summed E-state index contributed by atoms with van der Waals surface area (Å²) in [7, 11) is 0. The second kappa shape index (κ2) is 5.97. The van der Waals surface area contributed by atoms with Crippen LogP contribution in [0, 0.1) is 34.5 Å². The number of fused-ring (bicyclic) bond motifs is 5. The fourth-order valence-electron chi connectivity index (χ4n) is 7.27. The maximum atomic E-state index is 11.0. The van der Waals surface area contributed by atoms with Gasteiger partial charge in [0.15, 0.2) is 0 Å². The maximum absolute atomic E-state index is 11.0. The number of allylic oxidation sites excluding steroid dienone is 2. The highest BCUT2D eigenvalue weighted by molar-refractivity contribution is 5.79. The van der Waals surface area contributed by atoms with Crippen LogP contribution in [-0.2, 0) is 4.79 Å². The lowest BCUT2D eigenvalue weighted by Gasteiger charge is -2.58. The number of hydrogen-bond acceptors (Lipinski definition) is 2. The highest BCUT2D eigenvalue weighted by atomic mass is 16.4. The molecule has 0 radical (unpaired) electrons. The van der Waals surface area contributed by atoms with Crippen LogP contribution in [0.4, 0.5) is 0 Å². The van der Waals surface area contributed by atoms with Gasteiger partial charge in [-0.25, -0.2) is 4.79 Å². The summed E-state index contributed by atoms with van der Waals surface area (Å²) >= 11 is 0. The van der Waals surface area contributed by atoms with Crippen molar-refractivity contribution in [3.63, 3.8) is 0 Å². The van der Waals surface area contributed by atoms with E-state index in [0.29, 0.717) is 11.3 Å². The standard InChI is InChI=1S/C22H32O3/c1-21-12-10-19-17(18(21)7-4-14(21)5-8-20(24)25)6-3-15-13-16(23)9-11-22(15,19)2/h5,8,13-14,16-19,23H,3-4,6-7,9-12H2,1-2H3,(H,24,25)/b8-5+/t14-,16+,17+,18+,19+,21-,22+/m1/s1. The van der Waals surface area contributed by atoms with E-state index in [1.54, 1.807) is 0 Å². The third-order valence-corrected chi connectivity index (χ3v) is 8.63. The second-order valence-electron chi connectivity index (χ2n) is 9.56. The molecule has 0 unspecified atom stereocenters. The average Bonchev–Trinajstić information content (AvgIpc) is 2.90. The lowest BCUT2D eigenvalue weighted by molar-refractivity contribution is -0.131. The Labute approximate surface area is 151 Å². The van der Waals surface area contributed by atoms with Gasteiger partial charge in [-0.1, -0.05) is 31.6 Å². The number of carboxylic acid groups (broad SMARTS) is 1. The van der Waals surface area contributed by atoms with Crippen molar-refractivity contribution in [3.05, 3.63) is 23.8 Å². The zero-order valence-corrected chi connectivity index (χ0v) is 15.6. The van der Waals surface area contributed by atoms with Crippen LogP contribution in [0.15, 0.2) is 23.8 Å². The van der Waals surface area contributed by atoms with Crippen LogP contribution in [0.5, 0.6) is 0 Å². The number of rotatable bonds is 2. The Morgan fingerprint density at radius 3 is 2.68 bits per heavy atom. The van der Waals surface area contributed by atoms with Crippen LogP contribution < -0.4 is 0 Å². The van der Waals surface area contributed by atoms with Crippen LogP contribution in [0.2, 0.25) is 0 Å². The predicted molar refractivity (Wildman–Crippen MR) is 98.0 cm³/mol. The van der Waals surface area contributed by atoms with Gasteiger partial charge in [-0.2, -0.15) is 0 Å². The number of aliphatic hydroxyl groups is 1. The molecule has 0 aromatic carbocycles. The highest BCUT2D eigenvalue weighted by Crippen LogP contribution is 2.66. The second-order valence-corrected chi connectivity index (χ2v) is 9.56. The number of aliphatic hydroxyl groups excluding tert-OH is 1. The van der Waals surface area contributed by atoms with Gasteiger partial charge in [0.2, 0.25) is 0 Å². The van der Waals surface area contributed by atoms with E-state index in [0.717, 1.165) is 43.4 Å². The summed E-state index contributed by atoms with van der Waals surface area (Å²) in [6, 6.07) is 0. The summed E-state index contributed by atoms with van der Waals surface area (Å²) in [6.45, 7) is 4.89. The summed E-state index contributed by atoms with van der Waals surface area (Å²) in [5.41, 5.74) is 2.09. The fraction of sp³-hybridized carbons (Fsp3) is 0.773. The summed E-state index contributed by atoms with van der Waals surface area (Å²) in [5.74, 6) is 1.87. The Balaban J connectivity index is 1.60. The van der Waals surface area contributed by atoms with E-state index in [-0.39, 0.29) is 11.5 Å². The van der Waals surface area contributed by atoms with Gasteiger partial charge in [0, 0.05) is 6.08 Å². The first kappa shape index (κ1) is 17.3. The normalized spacial score (nSPS) is 49.2. The molecule has 3 nitrogen and oxygen atoms in total. The minimum absolute atomic E-state index is 0.231. The van der Waals surface area contributed by atoms with Crippen LogP contribution >= 0.6 is 0 Å². The van der Waals surface area contributed by atoms with E-state index >= 15 is 0 Å². The minimum Gasteiger partial charge on any atom is -0.478 e. The fourth-order valence-corrected chi connectivity index (χ4v) is 7.27. The SMILES string of the molecule is C[C@]12CC[C@H]3[C@@H](CCC4=C[C@@H](O)CC[C@@]43C)[C@@H]1CC[C@@H]2/C=C/C(=O)O. The Morgan fingerprint density at radius 2 is 1.92 bits per heavy atom. The van der Waals surface area contributed by atoms with Crippen LogP contribution in [0.3, 0.4) is 0 Å². The Kier molecular flexibility index (Phi) is 4.14. The number of aliphatic carboxylic acids is 1. The van der Waals surface area contributed by atoms with Crippen molar-refractivity contribution < 1.29 is 15.0 Å². The Bertz CT molecular complexity index is 621. The summed E-state index contributed by atoms with van der Waals surface area (Å²) < 4.78 is 0. The molecule has 4 aliphatic carbocycles. The van der Waals surface area contributed by atoms with Crippen molar-refractivity contribution in [2.24, 2.45) is 34.5 Å². The molecule has 0 amide bonds. The van der Waals surface area contributed by atoms with Crippen molar-refractivity contribution in [2.75, 3.05) is 0 Å². The molecule has 0 aromatic rings. The van der Waals surface area contributed by atoms with Gasteiger partial charge in [-0.3, -0.25) is 0 Å². The van der Waals surface area contributed by atoms with E-state index < -0.39 is 5.97 Å². The van der Waals surface area contributed by atoms with Gasteiger partial charge in [0.05, 0.1) is 6.10 Å². The van der Waals surface area contributed by atoms with Crippen molar-refractivity contribution >= 4 is 5.97 Å². The molecular weight excluding hydrogens is 312 g/mol. The van der Waals surface area contributed by atoms with E-state index in [1.165, 1.54) is 37.3 Å². The van der Waals surface area contributed by atoms with Crippen molar-refractivity contribution in [1.29, 1.82) is 0 Å². The average molecular weight is 344 g/mol. The van der Waals surface area contributed by atoms with Gasteiger partial charge in [0.25, 0.3) is 0 Å². The summed E-state index contributed by atoms with van der Waals surface area (Å²) in [5, 5.41) is 19.1. The van der Waals surface area contributed by atoms with E-state index in [4.69, 9.17) is 5.11 Å². The zero-order chi connectivity index (χ0) is 17.8. The molecule has 2 N–H and O–H groups in total. The topological polar surface area (TPSA) is 57.5 Å². The lowest BCUT2D eigenvalue weighted by Crippen LogP contribution is -2.50. The zero-order valence-electron chi connectivity index (χ0n) is 15.6. The van der Waals surface area contributed by atoms with Gasteiger partial charge in [-0.15, -0.1) is 0 Å². The molecule has 3 heteroatoms. The monoisotopic (exact) mass is 344 g/mol. The Morgan fingerprint density at radius 1 is 1.12 bits per heavy atom. The van der Waals surface area contributed by atoms with E-state index in [1.807, 2.05) is 6.08 Å². The highest BCUT2D eigenvalue weighted by Gasteiger charge is 2.58. The largest absolute Gasteiger partial charge is 0.478 e. The molecule has 25 heavy (non-hydrogen) atoms. The van der Waals surface area contributed by atoms with Crippen LogP contribution in [0.1, 0.15) is 65.2 Å². The molecule has 7 atom stereocenters. The van der Waals surface area contributed by atoms with Gasteiger partial charge in [-0.05, 0) is 85.9 Å². The molecule has 3 saturated carbocycles. The van der Waals surface area contributed by atoms with Crippen LogP contribution in [0.25, 0.3) is 0 Å². The van der Waals surface area contributed by atoms with Gasteiger partial charge < -0.3 is 10.2 Å².